The number of methoxy groups -OCH3 is 1. The van der Waals surface area contributed by atoms with Crippen LogP contribution in [0.5, 0.6) is 5.75 Å². The Balaban J connectivity index is 2.57. The molecule has 0 aliphatic carbocycles. The number of rotatable bonds is 6. The number of benzene rings is 2. The third-order valence-corrected chi connectivity index (χ3v) is 3.77. The van der Waals surface area contributed by atoms with E-state index < -0.39 is 17.2 Å². The van der Waals surface area contributed by atoms with Crippen LogP contribution >= 0.6 is 0 Å². The van der Waals surface area contributed by atoms with E-state index in [0.717, 1.165) is 5.56 Å². The zero-order chi connectivity index (χ0) is 17.6. The number of esters is 1. The van der Waals surface area contributed by atoms with Crippen molar-refractivity contribution in [1.29, 1.82) is 5.26 Å². The molecule has 1 unspecified atom stereocenters. The first kappa shape index (κ1) is 17.5. The first-order chi connectivity index (χ1) is 11.6. The highest BCUT2D eigenvalue weighted by molar-refractivity contribution is 5.87. The van der Waals surface area contributed by atoms with Gasteiger partial charge >= 0.3 is 5.97 Å². The van der Waals surface area contributed by atoms with E-state index in [2.05, 4.69) is 6.07 Å². The number of hydrogen-bond acceptors (Lipinski definition) is 4. The molecule has 1 atom stereocenters. The summed E-state index contributed by atoms with van der Waals surface area (Å²) in [6, 6.07) is 15.2. The van der Waals surface area contributed by atoms with Crippen molar-refractivity contribution in [3.63, 3.8) is 0 Å². The van der Waals surface area contributed by atoms with Crippen molar-refractivity contribution in [1.82, 2.24) is 0 Å². The minimum atomic E-state index is -1.57. The monoisotopic (exact) mass is 327 g/mol. The van der Waals surface area contributed by atoms with E-state index in [0.29, 0.717) is 5.56 Å². The van der Waals surface area contributed by atoms with Crippen molar-refractivity contribution in [3.05, 3.63) is 65.5 Å². The quantitative estimate of drug-likeness (QED) is 0.763. The number of hydrogen-bond donors (Lipinski definition) is 0. The van der Waals surface area contributed by atoms with E-state index in [1.54, 1.807) is 6.92 Å². The average molecular weight is 327 g/mol. The van der Waals surface area contributed by atoms with Gasteiger partial charge in [-0.05, 0) is 30.2 Å². The van der Waals surface area contributed by atoms with Gasteiger partial charge in [-0.1, -0.05) is 36.4 Å². The summed E-state index contributed by atoms with van der Waals surface area (Å²) < 4.78 is 23.8. The molecule has 0 bridgehead atoms. The molecule has 2 aromatic carbocycles. The van der Waals surface area contributed by atoms with Gasteiger partial charge < -0.3 is 9.47 Å². The molecule has 0 aliphatic rings. The Morgan fingerprint density at radius 3 is 2.54 bits per heavy atom. The molecule has 0 heterocycles. The Kier molecular flexibility index (Phi) is 5.54. The molecule has 2 aromatic rings. The van der Waals surface area contributed by atoms with Crippen molar-refractivity contribution >= 4 is 5.97 Å². The lowest BCUT2D eigenvalue weighted by atomic mass is 9.76. The van der Waals surface area contributed by atoms with Crippen LogP contribution in [0.1, 0.15) is 18.1 Å². The maximum atomic E-state index is 13.7. The highest BCUT2D eigenvalue weighted by Gasteiger charge is 2.43. The molecule has 0 N–H and O–H groups in total. The normalized spacial score (nSPS) is 12.8. The lowest BCUT2D eigenvalue weighted by Gasteiger charge is -2.25. The summed E-state index contributed by atoms with van der Waals surface area (Å²) in [5.74, 6) is -1.24. The van der Waals surface area contributed by atoms with Crippen molar-refractivity contribution < 1.29 is 18.7 Å². The van der Waals surface area contributed by atoms with E-state index >= 15 is 0 Å². The fourth-order valence-electron chi connectivity index (χ4n) is 2.52. The maximum Gasteiger partial charge on any atom is 0.331 e. The summed E-state index contributed by atoms with van der Waals surface area (Å²) in [6.45, 7) is 1.82. The van der Waals surface area contributed by atoms with Crippen LogP contribution in [0.25, 0.3) is 0 Å². The van der Waals surface area contributed by atoms with E-state index in [1.807, 2.05) is 30.3 Å². The predicted molar refractivity (Wildman–Crippen MR) is 87.0 cm³/mol. The van der Waals surface area contributed by atoms with Gasteiger partial charge in [0, 0.05) is 6.42 Å². The number of nitriles is 1. The van der Waals surface area contributed by atoms with Crippen LogP contribution < -0.4 is 4.74 Å². The van der Waals surface area contributed by atoms with Crippen molar-refractivity contribution in [2.45, 2.75) is 18.8 Å². The van der Waals surface area contributed by atoms with Crippen LogP contribution in [-0.4, -0.2) is 19.7 Å². The molecular weight excluding hydrogens is 309 g/mol. The Morgan fingerprint density at radius 1 is 1.25 bits per heavy atom. The molecule has 5 heteroatoms. The standard InChI is InChI=1S/C19H18FNO3/c1-3-24-18(22)19(13-21,12-14-7-5-4-6-8-14)15-9-10-16(20)17(11-15)23-2/h4-11H,3,12H2,1-2H3. The molecule has 0 radical (unpaired) electrons. The van der Waals surface area contributed by atoms with Crippen LogP contribution in [0.4, 0.5) is 4.39 Å². The summed E-state index contributed by atoms with van der Waals surface area (Å²) in [5, 5.41) is 9.84. The molecule has 0 saturated carbocycles. The van der Waals surface area contributed by atoms with Crippen LogP contribution in [0, 0.1) is 17.1 Å². The largest absolute Gasteiger partial charge is 0.494 e. The smallest absolute Gasteiger partial charge is 0.331 e. The van der Waals surface area contributed by atoms with Gasteiger partial charge in [0.15, 0.2) is 17.0 Å². The van der Waals surface area contributed by atoms with Crippen molar-refractivity contribution in [2.24, 2.45) is 0 Å². The van der Waals surface area contributed by atoms with Gasteiger partial charge in [-0.25, -0.2) is 9.18 Å². The molecule has 24 heavy (non-hydrogen) atoms. The summed E-state index contributed by atoms with van der Waals surface area (Å²) in [6.07, 6.45) is 0.123. The van der Waals surface area contributed by atoms with Gasteiger partial charge in [-0.2, -0.15) is 5.26 Å². The number of carbonyl (C=O) groups is 1. The first-order valence-electron chi connectivity index (χ1n) is 7.53. The molecular formula is C19H18FNO3. The Labute approximate surface area is 140 Å². The molecule has 0 aromatic heterocycles. The molecule has 0 fully saturated rings. The molecule has 0 spiro atoms. The van der Waals surface area contributed by atoms with Gasteiger partial charge in [-0.15, -0.1) is 0 Å². The maximum absolute atomic E-state index is 13.7. The third-order valence-electron chi connectivity index (χ3n) is 3.77. The van der Waals surface area contributed by atoms with E-state index in [1.165, 1.54) is 25.3 Å². The Morgan fingerprint density at radius 2 is 1.96 bits per heavy atom. The van der Waals surface area contributed by atoms with Crippen LogP contribution in [0.2, 0.25) is 0 Å². The lowest BCUT2D eigenvalue weighted by molar-refractivity contribution is -0.147. The van der Waals surface area contributed by atoms with Crippen LogP contribution in [-0.2, 0) is 21.4 Å². The minimum absolute atomic E-state index is 0.0236. The highest BCUT2D eigenvalue weighted by Crippen LogP contribution is 2.33. The second-order valence-electron chi connectivity index (χ2n) is 5.25. The number of carbonyl (C=O) groups excluding carboxylic acids is 1. The van der Waals surface area contributed by atoms with Crippen molar-refractivity contribution in [3.8, 4) is 11.8 Å². The molecule has 124 valence electrons. The fourth-order valence-corrected chi connectivity index (χ4v) is 2.52. The molecule has 4 nitrogen and oxygen atoms in total. The molecule has 2 rings (SSSR count). The second kappa shape index (κ2) is 7.60. The lowest BCUT2D eigenvalue weighted by Crippen LogP contribution is -2.38. The average Bonchev–Trinajstić information content (AvgIpc) is 2.61. The predicted octanol–water partition coefficient (Wildman–Crippen LogP) is 3.40. The highest BCUT2D eigenvalue weighted by atomic mass is 19.1. The fraction of sp³-hybridized carbons (Fsp3) is 0.263. The van der Waals surface area contributed by atoms with Gasteiger partial charge in [-0.3, -0.25) is 0 Å². The molecule has 0 aliphatic heterocycles. The Hall–Kier alpha value is -2.87. The summed E-state index contributed by atoms with van der Waals surface area (Å²) >= 11 is 0. The second-order valence-corrected chi connectivity index (χ2v) is 5.25. The number of ether oxygens (including phenoxy) is 2. The van der Waals surface area contributed by atoms with Gasteiger partial charge in [0.2, 0.25) is 0 Å². The van der Waals surface area contributed by atoms with Gasteiger partial charge in [0.1, 0.15) is 0 Å². The SMILES string of the molecule is CCOC(=O)C(C#N)(Cc1ccccc1)c1ccc(F)c(OC)c1. The van der Waals surface area contributed by atoms with E-state index in [4.69, 9.17) is 9.47 Å². The summed E-state index contributed by atoms with van der Waals surface area (Å²) in [4.78, 5) is 12.6. The zero-order valence-electron chi connectivity index (χ0n) is 13.6. The third kappa shape index (κ3) is 3.38. The topological polar surface area (TPSA) is 59.3 Å². The Bertz CT molecular complexity index is 755. The van der Waals surface area contributed by atoms with Crippen molar-refractivity contribution in [2.75, 3.05) is 13.7 Å². The van der Waals surface area contributed by atoms with Gasteiger partial charge in [0.05, 0.1) is 19.8 Å². The van der Waals surface area contributed by atoms with Crippen LogP contribution in [0.3, 0.4) is 0 Å². The van der Waals surface area contributed by atoms with Crippen LogP contribution in [0.15, 0.2) is 48.5 Å². The zero-order valence-corrected chi connectivity index (χ0v) is 13.6. The minimum Gasteiger partial charge on any atom is -0.494 e. The van der Waals surface area contributed by atoms with Gasteiger partial charge in [0.25, 0.3) is 0 Å². The number of nitrogens with zero attached hydrogens (tertiary/aromatic N) is 1. The first-order valence-corrected chi connectivity index (χ1v) is 7.53. The molecule has 0 amide bonds. The summed E-state index contributed by atoms with van der Waals surface area (Å²) in [7, 11) is 1.33. The molecule has 0 saturated heterocycles. The van der Waals surface area contributed by atoms with E-state index in [9.17, 15) is 14.4 Å². The number of halogens is 1. The summed E-state index contributed by atoms with van der Waals surface area (Å²) in [5.41, 5.74) is -0.431. The van der Waals surface area contributed by atoms with E-state index in [-0.39, 0.29) is 18.8 Å².